The Bertz CT molecular complexity index is 1050. The van der Waals surface area contributed by atoms with Gasteiger partial charge in [-0.15, -0.1) is 0 Å². The van der Waals surface area contributed by atoms with Gasteiger partial charge in [0.15, 0.2) is 6.61 Å². The molecule has 1 amide bonds. The third-order valence-corrected chi connectivity index (χ3v) is 5.24. The molecule has 0 saturated carbocycles. The lowest BCUT2D eigenvalue weighted by molar-refractivity contribution is -0.123. The number of halogens is 2. The number of rotatable bonds is 7. The van der Waals surface area contributed by atoms with E-state index in [1.54, 1.807) is 48.5 Å². The Balaban J connectivity index is 1.47. The molecule has 152 valence electrons. The third-order valence-electron chi connectivity index (χ3n) is 3.77. The monoisotopic (exact) mass is 578 g/mol. The van der Waals surface area contributed by atoms with Crippen molar-refractivity contribution in [2.45, 2.75) is 0 Å². The van der Waals surface area contributed by atoms with Gasteiger partial charge in [-0.25, -0.2) is 10.2 Å². The standard InChI is InChI=1S/C22H16BrIN2O4/c23-16-7-11-17(12-8-16)29-14-21(27)26-25-13-15-5-9-18(10-6-15)30-22(28)19-3-1-2-4-20(19)24/h1-13H,14H2,(H,26,27). The second-order valence-electron chi connectivity index (χ2n) is 5.97. The van der Waals surface area contributed by atoms with Crippen LogP contribution in [0, 0.1) is 3.57 Å². The zero-order valence-electron chi connectivity index (χ0n) is 15.5. The molecule has 30 heavy (non-hydrogen) atoms. The highest BCUT2D eigenvalue weighted by Crippen LogP contribution is 2.17. The van der Waals surface area contributed by atoms with Crippen LogP contribution in [0.2, 0.25) is 0 Å². The first kappa shape index (κ1) is 22.0. The molecule has 0 aromatic heterocycles. The highest BCUT2D eigenvalue weighted by atomic mass is 127. The minimum Gasteiger partial charge on any atom is -0.484 e. The van der Waals surface area contributed by atoms with Crippen molar-refractivity contribution in [1.82, 2.24) is 5.43 Å². The number of benzene rings is 3. The summed E-state index contributed by atoms with van der Waals surface area (Å²) in [4.78, 5) is 24.0. The van der Waals surface area contributed by atoms with Crippen molar-refractivity contribution in [2.75, 3.05) is 6.61 Å². The first-order valence-electron chi connectivity index (χ1n) is 8.78. The van der Waals surface area contributed by atoms with E-state index in [-0.39, 0.29) is 12.5 Å². The molecule has 3 aromatic carbocycles. The van der Waals surface area contributed by atoms with Gasteiger partial charge in [0, 0.05) is 8.04 Å². The van der Waals surface area contributed by atoms with Crippen LogP contribution in [-0.4, -0.2) is 24.7 Å². The first-order chi connectivity index (χ1) is 14.5. The molecule has 3 rings (SSSR count). The smallest absolute Gasteiger partial charge is 0.344 e. The maximum Gasteiger partial charge on any atom is 0.344 e. The molecule has 6 nitrogen and oxygen atoms in total. The van der Waals surface area contributed by atoms with Gasteiger partial charge in [0.1, 0.15) is 11.5 Å². The van der Waals surface area contributed by atoms with Crippen molar-refractivity contribution >= 4 is 56.6 Å². The van der Waals surface area contributed by atoms with Crippen molar-refractivity contribution < 1.29 is 19.1 Å². The van der Waals surface area contributed by atoms with Crippen molar-refractivity contribution in [3.8, 4) is 11.5 Å². The summed E-state index contributed by atoms with van der Waals surface area (Å²) in [5.74, 6) is 0.216. The molecule has 0 spiro atoms. The topological polar surface area (TPSA) is 77.0 Å². The van der Waals surface area contributed by atoms with Gasteiger partial charge in [0.2, 0.25) is 0 Å². The van der Waals surface area contributed by atoms with Gasteiger partial charge in [0.05, 0.1) is 11.8 Å². The Morgan fingerprint density at radius 1 is 0.967 bits per heavy atom. The summed E-state index contributed by atoms with van der Waals surface area (Å²) < 4.78 is 12.5. The summed E-state index contributed by atoms with van der Waals surface area (Å²) in [7, 11) is 0. The molecule has 0 saturated heterocycles. The predicted molar refractivity (Wildman–Crippen MR) is 126 cm³/mol. The summed E-state index contributed by atoms with van der Waals surface area (Å²) in [6.45, 7) is -0.147. The maximum absolute atomic E-state index is 12.2. The van der Waals surface area contributed by atoms with E-state index in [1.807, 2.05) is 24.3 Å². The Morgan fingerprint density at radius 3 is 2.33 bits per heavy atom. The minimum atomic E-state index is -0.417. The lowest BCUT2D eigenvalue weighted by Gasteiger charge is -2.06. The number of esters is 1. The van der Waals surface area contributed by atoms with E-state index in [9.17, 15) is 9.59 Å². The number of amides is 1. The van der Waals surface area contributed by atoms with E-state index in [1.165, 1.54) is 6.21 Å². The molecule has 0 fully saturated rings. The first-order valence-corrected chi connectivity index (χ1v) is 10.7. The molecule has 0 aliphatic heterocycles. The molecular formula is C22H16BrIN2O4. The number of hydrazone groups is 1. The number of hydrogen-bond donors (Lipinski definition) is 1. The van der Waals surface area contributed by atoms with Crippen LogP contribution in [0.5, 0.6) is 11.5 Å². The van der Waals surface area contributed by atoms with E-state index >= 15 is 0 Å². The van der Waals surface area contributed by atoms with Gasteiger partial charge >= 0.3 is 5.97 Å². The van der Waals surface area contributed by atoms with E-state index in [0.29, 0.717) is 17.1 Å². The molecule has 1 N–H and O–H groups in total. The van der Waals surface area contributed by atoms with Crippen molar-refractivity contribution in [2.24, 2.45) is 5.10 Å². The zero-order valence-corrected chi connectivity index (χ0v) is 19.3. The number of carbonyl (C=O) groups is 2. The van der Waals surface area contributed by atoms with Gasteiger partial charge in [-0.1, -0.05) is 28.1 Å². The number of ether oxygens (including phenoxy) is 2. The quantitative estimate of drug-likeness (QED) is 0.144. The van der Waals surface area contributed by atoms with Crippen molar-refractivity contribution in [3.63, 3.8) is 0 Å². The molecular weight excluding hydrogens is 563 g/mol. The molecule has 0 aliphatic carbocycles. The lowest BCUT2D eigenvalue weighted by Crippen LogP contribution is -2.24. The van der Waals surface area contributed by atoms with E-state index in [0.717, 1.165) is 13.6 Å². The summed E-state index contributed by atoms with van der Waals surface area (Å²) in [6.07, 6.45) is 1.49. The highest BCUT2D eigenvalue weighted by Gasteiger charge is 2.11. The molecule has 0 unspecified atom stereocenters. The van der Waals surface area contributed by atoms with Crippen molar-refractivity contribution in [3.05, 3.63) is 92.0 Å². The molecule has 3 aromatic rings. The summed E-state index contributed by atoms with van der Waals surface area (Å²) in [6, 6.07) is 21.2. The second kappa shape index (κ2) is 10.9. The maximum atomic E-state index is 12.2. The Hall–Kier alpha value is -2.72. The van der Waals surface area contributed by atoms with Crippen LogP contribution in [0.3, 0.4) is 0 Å². The van der Waals surface area contributed by atoms with Crippen molar-refractivity contribution in [1.29, 1.82) is 0 Å². The average Bonchev–Trinajstić information content (AvgIpc) is 2.75. The largest absolute Gasteiger partial charge is 0.484 e. The van der Waals surface area contributed by atoms with Crippen LogP contribution in [0.4, 0.5) is 0 Å². The molecule has 0 bridgehead atoms. The van der Waals surface area contributed by atoms with Gasteiger partial charge in [-0.2, -0.15) is 5.10 Å². The second-order valence-corrected chi connectivity index (χ2v) is 8.05. The van der Waals surface area contributed by atoms with E-state index in [4.69, 9.17) is 9.47 Å². The number of hydrogen-bond acceptors (Lipinski definition) is 5. The normalized spacial score (nSPS) is 10.6. The molecule has 0 aliphatic rings. The van der Waals surface area contributed by atoms with Crippen LogP contribution in [0.25, 0.3) is 0 Å². The summed E-state index contributed by atoms with van der Waals surface area (Å²) in [5.41, 5.74) is 3.64. The number of nitrogens with zero attached hydrogens (tertiary/aromatic N) is 1. The van der Waals surface area contributed by atoms with Crippen LogP contribution >= 0.6 is 38.5 Å². The SMILES string of the molecule is O=C(COc1ccc(Br)cc1)NN=Cc1ccc(OC(=O)c2ccccc2I)cc1. The van der Waals surface area contributed by atoms with Gasteiger partial charge < -0.3 is 9.47 Å². The van der Waals surface area contributed by atoms with Gasteiger partial charge in [-0.3, -0.25) is 4.79 Å². The zero-order chi connectivity index (χ0) is 21.3. The number of nitrogens with one attached hydrogen (secondary N) is 1. The van der Waals surface area contributed by atoms with Crippen LogP contribution < -0.4 is 14.9 Å². The molecule has 0 atom stereocenters. The number of carbonyl (C=O) groups excluding carboxylic acids is 2. The highest BCUT2D eigenvalue weighted by molar-refractivity contribution is 14.1. The Kier molecular flexibility index (Phi) is 7.97. The van der Waals surface area contributed by atoms with Crippen LogP contribution in [0.1, 0.15) is 15.9 Å². The predicted octanol–water partition coefficient (Wildman–Crippen LogP) is 4.80. The molecule has 0 heterocycles. The fraction of sp³-hybridized carbons (Fsp3) is 0.0455. The lowest BCUT2D eigenvalue weighted by atomic mass is 10.2. The molecule has 8 heteroatoms. The fourth-order valence-electron chi connectivity index (χ4n) is 2.30. The van der Waals surface area contributed by atoms with E-state index < -0.39 is 5.97 Å². The minimum absolute atomic E-state index is 0.147. The Labute approximate surface area is 195 Å². The average molecular weight is 579 g/mol. The van der Waals surface area contributed by atoms with Crippen LogP contribution in [0.15, 0.2) is 82.4 Å². The van der Waals surface area contributed by atoms with Gasteiger partial charge in [0.25, 0.3) is 5.91 Å². The Morgan fingerprint density at radius 2 is 1.63 bits per heavy atom. The summed E-state index contributed by atoms with van der Waals surface area (Å²) >= 11 is 5.42. The summed E-state index contributed by atoms with van der Waals surface area (Å²) in [5, 5.41) is 3.90. The van der Waals surface area contributed by atoms with E-state index in [2.05, 4.69) is 49.0 Å². The third kappa shape index (κ3) is 6.67. The fourth-order valence-corrected chi connectivity index (χ4v) is 3.17. The van der Waals surface area contributed by atoms with Crippen LogP contribution in [-0.2, 0) is 4.79 Å². The van der Waals surface area contributed by atoms with Gasteiger partial charge in [-0.05, 0) is 88.8 Å². The molecule has 0 radical (unpaired) electrons.